The molecule has 0 fully saturated rings. The summed E-state index contributed by atoms with van der Waals surface area (Å²) in [4.78, 5) is 26.4. The van der Waals surface area contributed by atoms with E-state index in [4.69, 9.17) is 0 Å². The molecule has 1 atom stereocenters. The number of aryl methyl sites for hydroxylation is 1. The third kappa shape index (κ3) is 3.84. The lowest BCUT2D eigenvalue weighted by Gasteiger charge is -2.39. The van der Waals surface area contributed by atoms with Crippen molar-refractivity contribution in [2.75, 3.05) is 10.6 Å². The molecule has 2 aromatic carbocycles. The zero-order chi connectivity index (χ0) is 23.3. The lowest BCUT2D eigenvalue weighted by atomic mass is 9.73. The summed E-state index contributed by atoms with van der Waals surface area (Å²) in [7, 11) is 0. The predicted octanol–water partition coefficient (Wildman–Crippen LogP) is 5.24. The second-order valence-corrected chi connectivity index (χ2v) is 9.58. The molecule has 33 heavy (non-hydrogen) atoms. The molecule has 1 aliphatic heterocycles. The summed E-state index contributed by atoms with van der Waals surface area (Å²) in [5, 5.41) is 10.7. The van der Waals surface area contributed by atoms with Gasteiger partial charge in [-0.2, -0.15) is 5.10 Å². The Morgan fingerprint density at radius 3 is 2.52 bits per heavy atom. The van der Waals surface area contributed by atoms with Crippen LogP contribution in [0.15, 0.2) is 66.0 Å². The molecule has 0 unspecified atom stereocenters. The smallest absolute Gasteiger partial charge is 0.261 e. The highest BCUT2D eigenvalue weighted by atomic mass is 19.1. The minimum Gasteiger partial charge on any atom is -0.343 e. The topological polar surface area (TPSA) is 76.0 Å². The number of amides is 1. The number of hydrogen-bond acceptors (Lipinski definition) is 4. The first-order chi connectivity index (χ1) is 15.7. The molecule has 2 heterocycles. The maximum Gasteiger partial charge on any atom is 0.261 e. The summed E-state index contributed by atoms with van der Waals surface area (Å²) >= 11 is 0. The Hall–Kier alpha value is -3.74. The van der Waals surface area contributed by atoms with Crippen molar-refractivity contribution in [2.45, 2.75) is 39.7 Å². The number of aromatic nitrogens is 2. The number of carbonyl (C=O) groups excluding carboxylic acids is 2. The highest BCUT2D eigenvalue weighted by Gasteiger charge is 2.42. The van der Waals surface area contributed by atoms with E-state index in [0.717, 1.165) is 16.8 Å². The van der Waals surface area contributed by atoms with Crippen molar-refractivity contribution in [1.29, 1.82) is 0 Å². The van der Waals surface area contributed by atoms with Crippen LogP contribution in [0.4, 0.5) is 15.9 Å². The average molecular weight is 445 g/mol. The fourth-order valence-corrected chi connectivity index (χ4v) is 4.67. The van der Waals surface area contributed by atoms with Crippen LogP contribution in [0.3, 0.4) is 0 Å². The predicted molar refractivity (Wildman–Crippen MR) is 125 cm³/mol. The number of carbonyl (C=O) groups is 2. The van der Waals surface area contributed by atoms with Gasteiger partial charge in [0.1, 0.15) is 23.2 Å². The van der Waals surface area contributed by atoms with Gasteiger partial charge in [0.05, 0.1) is 6.20 Å². The number of allylic oxidation sites excluding steroid dienone is 2. The van der Waals surface area contributed by atoms with Gasteiger partial charge in [0.25, 0.3) is 5.91 Å². The summed E-state index contributed by atoms with van der Waals surface area (Å²) < 4.78 is 15.0. The van der Waals surface area contributed by atoms with Crippen molar-refractivity contribution in [2.24, 2.45) is 5.41 Å². The van der Waals surface area contributed by atoms with Crippen LogP contribution in [0.5, 0.6) is 0 Å². The molecule has 2 N–H and O–H groups in total. The van der Waals surface area contributed by atoms with Crippen molar-refractivity contribution in [3.05, 3.63) is 88.5 Å². The minimum atomic E-state index is -0.409. The van der Waals surface area contributed by atoms with E-state index >= 15 is 0 Å². The number of nitrogens with zero attached hydrogens (tertiary/aromatic N) is 2. The van der Waals surface area contributed by atoms with Gasteiger partial charge < -0.3 is 10.6 Å². The number of hydrogen-bond donors (Lipinski definition) is 2. The quantitative estimate of drug-likeness (QED) is 0.579. The Labute approximate surface area is 191 Å². The molecular weight excluding hydrogens is 419 g/mol. The lowest BCUT2D eigenvalue weighted by Crippen LogP contribution is -2.37. The molecule has 0 spiro atoms. The maximum atomic E-state index is 13.3. The highest BCUT2D eigenvalue weighted by molar-refractivity contribution is 6.08. The van der Waals surface area contributed by atoms with Crippen LogP contribution in [0.25, 0.3) is 0 Å². The summed E-state index contributed by atoms with van der Waals surface area (Å²) in [6.45, 7) is 6.17. The summed E-state index contributed by atoms with van der Waals surface area (Å²) in [6, 6.07) is 13.2. The maximum absolute atomic E-state index is 13.3. The molecule has 1 aliphatic carbocycles. The van der Waals surface area contributed by atoms with Gasteiger partial charge in [0.15, 0.2) is 5.78 Å². The summed E-state index contributed by atoms with van der Waals surface area (Å²) in [5.74, 6) is -0.0896. The van der Waals surface area contributed by atoms with E-state index < -0.39 is 6.04 Å². The Kier molecular flexibility index (Phi) is 4.92. The van der Waals surface area contributed by atoms with Crippen LogP contribution in [0.1, 0.15) is 54.2 Å². The van der Waals surface area contributed by atoms with Gasteiger partial charge >= 0.3 is 0 Å². The van der Waals surface area contributed by atoms with E-state index in [1.54, 1.807) is 4.68 Å². The number of nitrogens with one attached hydrogen (secondary N) is 2. The number of ketones is 1. The van der Waals surface area contributed by atoms with Gasteiger partial charge in [0, 0.05) is 23.4 Å². The Bertz CT molecular complexity index is 1290. The van der Waals surface area contributed by atoms with Gasteiger partial charge in [-0.25, -0.2) is 9.07 Å². The van der Waals surface area contributed by atoms with E-state index in [0.29, 0.717) is 35.5 Å². The van der Waals surface area contributed by atoms with Crippen LogP contribution in [0.2, 0.25) is 0 Å². The SMILES string of the molecule is Cc1ccc([C@@H]2C3=C(CC(C)(C)CC3=O)Nc3c(C(=O)Nc4ccc(F)cc4)cnn32)cc1. The van der Waals surface area contributed by atoms with E-state index in [1.807, 2.05) is 31.2 Å². The lowest BCUT2D eigenvalue weighted by molar-refractivity contribution is -0.118. The first-order valence-electron chi connectivity index (χ1n) is 11.0. The molecule has 0 radical (unpaired) electrons. The summed E-state index contributed by atoms with van der Waals surface area (Å²) in [5.41, 5.74) is 4.28. The zero-order valence-corrected chi connectivity index (χ0v) is 18.8. The number of halogens is 1. The van der Waals surface area contributed by atoms with Crippen molar-refractivity contribution in [3.63, 3.8) is 0 Å². The number of fused-ring (bicyclic) bond motifs is 1. The van der Waals surface area contributed by atoms with E-state index in [9.17, 15) is 14.0 Å². The molecule has 3 aromatic rings. The van der Waals surface area contributed by atoms with E-state index in [1.165, 1.54) is 30.5 Å². The molecule has 7 heteroatoms. The Balaban J connectivity index is 1.58. The van der Waals surface area contributed by atoms with Crippen molar-refractivity contribution in [1.82, 2.24) is 9.78 Å². The van der Waals surface area contributed by atoms with Gasteiger partial charge in [-0.05, 0) is 48.6 Å². The van der Waals surface area contributed by atoms with E-state index in [2.05, 4.69) is 29.6 Å². The van der Waals surface area contributed by atoms with Crippen LogP contribution < -0.4 is 10.6 Å². The number of Topliss-reactive ketones (excluding diaryl/α,β-unsaturated/α-hetero) is 1. The van der Waals surface area contributed by atoms with Crippen LogP contribution in [-0.4, -0.2) is 21.5 Å². The molecule has 5 rings (SSSR count). The second-order valence-electron chi connectivity index (χ2n) is 9.58. The van der Waals surface area contributed by atoms with Crippen molar-refractivity contribution < 1.29 is 14.0 Å². The standard InChI is InChI=1S/C26H25FN4O2/c1-15-4-6-16(7-5-15)23-22-20(12-26(2,3)13-21(22)32)30-24-19(14-28-31(23)24)25(33)29-18-10-8-17(27)9-11-18/h4-11,14,23,30H,12-13H2,1-3H3,(H,29,33)/t23-/m1/s1. The molecular formula is C26H25FN4O2. The van der Waals surface area contributed by atoms with Gasteiger partial charge in [-0.15, -0.1) is 0 Å². The number of rotatable bonds is 3. The second kappa shape index (κ2) is 7.69. The molecule has 0 saturated heterocycles. The normalized spacial score (nSPS) is 18.9. The molecule has 0 saturated carbocycles. The summed E-state index contributed by atoms with van der Waals surface area (Å²) in [6.07, 6.45) is 2.67. The first kappa shape index (κ1) is 21.1. The fourth-order valence-electron chi connectivity index (χ4n) is 4.67. The Morgan fingerprint density at radius 1 is 1.12 bits per heavy atom. The van der Waals surface area contributed by atoms with Gasteiger partial charge in [-0.3, -0.25) is 9.59 Å². The average Bonchev–Trinajstić information content (AvgIpc) is 3.17. The molecule has 168 valence electrons. The van der Waals surface area contributed by atoms with Crippen LogP contribution in [0, 0.1) is 18.2 Å². The molecule has 1 amide bonds. The minimum absolute atomic E-state index is 0.0952. The van der Waals surface area contributed by atoms with E-state index in [-0.39, 0.29) is 22.9 Å². The van der Waals surface area contributed by atoms with Crippen LogP contribution in [-0.2, 0) is 4.79 Å². The molecule has 6 nitrogen and oxygen atoms in total. The van der Waals surface area contributed by atoms with Crippen molar-refractivity contribution >= 4 is 23.2 Å². The van der Waals surface area contributed by atoms with Crippen LogP contribution >= 0.6 is 0 Å². The third-order valence-electron chi connectivity index (χ3n) is 6.24. The fraction of sp³-hybridized carbons (Fsp3) is 0.269. The highest BCUT2D eigenvalue weighted by Crippen LogP contribution is 2.46. The Morgan fingerprint density at radius 2 is 1.82 bits per heavy atom. The van der Waals surface area contributed by atoms with Crippen molar-refractivity contribution in [3.8, 4) is 0 Å². The third-order valence-corrected chi connectivity index (χ3v) is 6.24. The van der Waals surface area contributed by atoms with Gasteiger partial charge in [-0.1, -0.05) is 43.7 Å². The largest absolute Gasteiger partial charge is 0.343 e. The molecule has 2 aliphatic rings. The number of benzene rings is 2. The van der Waals surface area contributed by atoms with Gasteiger partial charge in [0.2, 0.25) is 0 Å². The monoisotopic (exact) mass is 444 g/mol. The first-order valence-corrected chi connectivity index (χ1v) is 11.0. The number of anilines is 2. The zero-order valence-electron chi connectivity index (χ0n) is 18.8. The molecule has 0 bridgehead atoms. The molecule has 1 aromatic heterocycles.